The van der Waals surface area contributed by atoms with Crippen molar-refractivity contribution in [2.75, 3.05) is 0 Å². The fourth-order valence-electron chi connectivity index (χ4n) is 6.74. The summed E-state index contributed by atoms with van der Waals surface area (Å²) in [6.45, 7) is 0. The third-order valence-electron chi connectivity index (χ3n) is 8.54. The first kappa shape index (κ1) is 21.6. The molecule has 9 aromatic rings. The molecule has 40 heavy (non-hydrogen) atoms. The van der Waals surface area contributed by atoms with Gasteiger partial charge >= 0.3 is 0 Å². The Morgan fingerprint density at radius 3 is 1.77 bits per heavy atom. The Morgan fingerprint density at radius 1 is 0.500 bits per heavy atom. The number of hydrogen-bond acceptors (Lipinski definition) is 1. The standard InChI is InChI=1S/C37H24N2O/c1-38-30-14-6-4-12-27(30)36-33(38)22-29(35-28-13-5-9-17-34(28)40-37(35)36)23-18-20-24(21-19-23)39-31-15-7-2-10-25(31)26-11-3-8-16-32(26)39/h2-22H,1H3. The van der Waals surface area contributed by atoms with Gasteiger partial charge in [-0.2, -0.15) is 0 Å². The van der Waals surface area contributed by atoms with Crippen LogP contribution in [0, 0.1) is 0 Å². The average molecular weight is 513 g/mol. The lowest BCUT2D eigenvalue weighted by Gasteiger charge is -2.11. The highest BCUT2D eigenvalue weighted by atomic mass is 16.3. The van der Waals surface area contributed by atoms with E-state index in [9.17, 15) is 0 Å². The van der Waals surface area contributed by atoms with E-state index in [1.54, 1.807) is 0 Å². The molecule has 3 nitrogen and oxygen atoms in total. The van der Waals surface area contributed by atoms with Gasteiger partial charge in [0.1, 0.15) is 11.2 Å². The van der Waals surface area contributed by atoms with E-state index in [1.165, 1.54) is 60.1 Å². The van der Waals surface area contributed by atoms with Gasteiger partial charge < -0.3 is 13.6 Å². The van der Waals surface area contributed by atoms with Gasteiger partial charge in [-0.15, -0.1) is 0 Å². The maximum Gasteiger partial charge on any atom is 0.146 e. The van der Waals surface area contributed by atoms with Crippen LogP contribution >= 0.6 is 0 Å². The first-order chi connectivity index (χ1) is 19.8. The molecule has 0 aliphatic heterocycles. The van der Waals surface area contributed by atoms with Crippen LogP contribution < -0.4 is 0 Å². The van der Waals surface area contributed by atoms with Crippen LogP contribution in [-0.4, -0.2) is 9.13 Å². The lowest BCUT2D eigenvalue weighted by molar-refractivity contribution is 0.673. The summed E-state index contributed by atoms with van der Waals surface area (Å²) in [6.07, 6.45) is 0. The number of aryl methyl sites for hydroxylation is 1. The second kappa shape index (κ2) is 7.87. The minimum atomic E-state index is 0.918. The Kier molecular flexibility index (Phi) is 4.26. The predicted octanol–water partition coefficient (Wildman–Crippen LogP) is 9.99. The zero-order chi connectivity index (χ0) is 26.4. The molecule has 0 spiro atoms. The zero-order valence-corrected chi connectivity index (χ0v) is 21.9. The van der Waals surface area contributed by atoms with E-state index in [0.29, 0.717) is 0 Å². The molecule has 6 aromatic carbocycles. The summed E-state index contributed by atoms with van der Waals surface area (Å²) < 4.78 is 11.3. The number of benzene rings is 6. The highest BCUT2D eigenvalue weighted by Crippen LogP contribution is 2.44. The highest BCUT2D eigenvalue weighted by Gasteiger charge is 2.21. The van der Waals surface area contributed by atoms with Crippen LogP contribution in [0.5, 0.6) is 0 Å². The monoisotopic (exact) mass is 512 g/mol. The summed E-state index contributed by atoms with van der Waals surface area (Å²) in [5, 5.41) is 7.26. The van der Waals surface area contributed by atoms with Gasteiger partial charge in [-0.25, -0.2) is 0 Å². The molecule has 0 bridgehead atoms. The van der Waals surface area contributed by atoms with Crippen molar-refractivity contribution in [2.45, 2.75) is 0 Å². The minimum Gasteiger partial charge on any atom is -0.455 e. The lowest BCUT2D eigenvalue weighted by atomic mass is 9.96. The number of fused-ring (bicyclic) bond motifs is 10. The van der Waals surface area contributed by atoms with Gasteiger partial charge in [-0.1, -0.05) is 84.9 Å². The number of nitrogens with zero attached hydrogens (tertiary/aromatic N) is 2. The molecule has 0 aliphatic rings. The number of para-hydroxylation sites is 4. The second-order valence-electron chi connectivity index (χ2n) is 10.6. The van der Waals surface area contributed by atoms with Gasteiger partial charge in [0.05, 0.1) is 21.9 Å². The topological polar surface area (TPSA) is 23.0 Å². The first-order valence-corrected chi connectivity index (χ1v) is 13.7. The van der Waals surface area contributed by atoms with E-state index in [0.717, 1.165) is 22.2 Å². The van der Waals surface area contributed by atoms with Crippen molar-refractivity contribution >= 4 is 65.6 Å². The van der Waals surface area contributed by atoms with Crippen LogP contribution in [0.2, 0.25) is 0 Å². The molecule has 3 aromatic heterocycles. The Hall–Kier alpha value is -5.28. The summed E-state index contributed by atoms with van der Waals surface area (Å²) in [5.74, 6) is 0. The van der Waals surface area contributed by atoms with Crippen LogP contribution in [0.25, 0.3) is 82.4 Å². The summed E-state index contributed by atoms with van der Waals surface area (Å²) in [4.78, 5) is 0. The third kappa shape index (κ3) is 2.79. The van der Waals surface area contributed by atoms with Crippen molar-refractivity contribution < 1.29 is 4.42 Å². The van der Waals surface area contributed by atoms with Crippen molar-refractivity contribution in [1.82, 2.24) is 9.13 Å². The summed E-state index contributed by atoms with van der Waals surface area (Å²) >= 11 is 0. The average Bonchev–Trinajstić information content (AvgIpc) is 3.65. The fourth-order valence-corrected chi connectivity index (χ4v) is 6.74. The summed E-state index contributed by atoms with van der Waals surface area (Å²) in [7, 11) is 2.15. The summed E-state index contributed by atoms with van der Waals surface area (Å²) in [6, 6.07) is 45.6. The van der Waals surface area contributed by atoms with Gasteiger partial charge in [-0.3, -0.25) is 0 Å². The van der Waals surface area contributed by atoms with Crippen LogP contribution in [0.4, 0.5) is 0 Å². The molecule has 0 radical (unpaired) electrons. The second-order valence-corrected chi connectivity index (χ2v) is 10.6. The van der Waals surface area contributed by atoms with Gasteiger partial charge in [-0.05, 0) is 53.6 Å². The highest BCUT2D eigenvalue weighted by molar-refractivity contribution is 6.27. The normalized spacial score (nSPS) is 12.1. The van der Waals surface area contributed by atoms with E-state index in [1.807, 2.05) is 6.07 Å². The predicted molar refractivity (Wildman–Crippen MR) is 167 cm³/mol. The molecule has 9 rings (SSSR count). The number of rotatable bonds is 2. The van der Waals surface area contributed by atoms with Crippen LogP contribution in [0.15, 0.2) is 132 Å². The molecule has 0 N–H and O–H groups in total. The largest absolute Gasteiger partial charge is 0.455 e. The Labute approximate surface area is 230 Å². The molecular weight excluding hydrogens is 488 g/mol. The SMILES string of the molecule is Cn1c2ccccc2c2c3oc4ccccc4c3c(-c3ccc(-n4c5ccccc5c5ccccc54)cc3)cc21. The van der Waals surface area contributed by atoms with E-state index >= 15 is 0 Å². The maximum absolute atomic E-state index is 6.61. The number of hydrogen-bond donors (Lipinski definition) is 0. The van der Waals surface area contributed by atoms with Gasteiger partial charge in [0.2, 0.25) is 0 Å². The smallest absolute Gasteiger partial charge is 0.146 e. The van der Waals surface area contributed by atoms with Gasteiger partial charge in [0.25, 0.3) is 0 Å². The minimum absolute atomic E-state index is 0.918. The quantitative estimate of drug-likeness (QED) is 0.226. The van der Waals surface area contributed by atoms with Gasteiger partial charge in [0, 0.05) is 45.2 Å². The molecule has 0 aliphatic carbocycles. The molecule has 0 saturated heterocycles. The Balaban J connectivity index is 1.33. The molecule has 0 unspecified atom stereocenters. The van der Waals surface area contributed by atoms with Crippen molar-refractivity contribution in [1.29, 1.82) is 0 Å². The lowest BCUT2D eigenvalue weighted by Crippen LogP contribution is -1.94. The molecule has 0 amide bonds. The first-order valence-electron chi connectivity index (χ1n) is 13.7. The Bertz CT molecular complexity index is 2380. The molecule has 0 saturated carbocycles. The fraction of sp³-hybridized carbons (Fsp3) is 0.0270. The van der Waals surface area contributed by atoms with Crippen LogP contribution in [0.1, 0.15) is 0 Å². The molecule has 0 fully saturated rings. The molecule has 3 heterocycles. The zero-order valence-electron chi connectivity index (χ0n) is 21.9. The molecule has 188 valence electrons. The van der Waals surface area contributed by atoms with E-state index < -0.39 is 0 Å². The number of furan rings is 1. The number of aromatic nitrogens is 2. The summed E-state index contributed by atoms with van der Waals surface area (Å²) in [5.41, 5.74) is 10.2. The van der Waals surface area contributed by atoms with Gasteiger partial charge in [0.15, 0.2) is 0 Å². The molecular formula is C37H24N2O. The van der Waals surface area contributed by atoms with Crippen molar-refractivity contribution in [3.05, 3.63) is 127 Å². The maximum atomic E-state index is 6.61. The van der Waals surface area contributed by atoms with Crippen molar-refractivity contribution in [3.63, 3.8) is 0 Å². The molecule has 0 atom stereocenters. The third-order valence-corrected chi connectivity index (χ3v) is 8.54. The van der Waals surface area contributed by atoms with E-state index in [-0.39, 0.29) is 0 Å². The molecule has 3 heteroatoms. The van der Waals surface area contributed by atoms with Crippen molar-refractivity contribution in [3.8, 4) is 16.8 Å². The Morgan fingerprint density at radius 2 is 1.07 bits per heavy atom. The van der Waals surface area contributed by atoms with Crippen LogP contribution in [-0.2, 0) is 7.05 Å². The van der Waals surface area contributed by atoms with Crippen LogP contribution in [0.3, 0.4) is 0 Å². The van der Waals surface area contributed by atoms with Crippen molar-refractivity contribution in [2.24, 2.45) is 7.05 Å². The van der Waals surface area contributed by atoms with E-state index in [2.05, 4.69) is 138 Å². The van der Waals surface area contributed by atoms with E-state index in [4.69, 9.17) is 4.42 Å².